The van der Waals surface area contributed by atoms with Gasteiger partial charge in [0.1, 0.15) is 0 Å². The third-order valence-corrected chi connectivity index (χ3v) is 4.48. The van der Waals surface area contributed by atoms with Crippen molar-refractivity contribution in [3.05, 3.63) is 30.1 Å². The summed E-state index contributed by atoms with van der Waals surface area (Å²) >= 11 is 0. The van der Waals surface area contributed by atoms with Gasteiger partial charge in [0.2, 0.25) is 0 Å². The van der Waals surface area contributed by atoms with E-state index in [-0.39, 0.29) is 0 Å². The lowest BCUT2D eigenvalue weighted by Gasteiger charge is -2.17. The Labute approximate surface area is 116 Å². The van der Waals surface area contributed by atoms with Gasteiger partial charge in [0.15, 0.2) is 0 Å². The highest BCUT2D eigenvalue weighted by Gasteiger charge is 2.17. The number of nitrogens with one attached hydrogen (secondary N) is 1. The lowest BCUT2D eigenvalue weighted by atomic mass is 9.94. The molecule has 0 saturated heterocycles. The maximum Gasteiger partial charge on any atom is 0.0762 e. The highest BCUT2D eigenvalue weighted by Crippen LogP contribution is 2.28. The Morgan fingerprint density at radius 3 is 2.89 bits per heavy atom. The van der Waals surface area contributed by atoms with Gasteiger partial charge in [-0.05, 0) is 50.6 Å². The van der Waals surface area contributed by atoms with Crippen LogP contribution in [0.25, 0.3) is 0 Å². The SMILES string of the molecule is C1=CCC(CNCc2ccn(C3CCCC3)n2)CC1. The van der Waals surface area contributed by atoms with Gasteiger partial charge in [-0.2, -0.15) is 5.10 Å². The van der Waals surface area contributed by atoms with Crippen LogP contribution in [0.3, 0.4) is 0 Å². The van der Waals surface area contributed by atoms with Crippen LogP contribution in [0.1, 0.15) is 56.7 Å². The van der Waals surface area contributed by atoms with Crippen LogP contribution >= 0.6 is 0 Å². The molecule has 3 nitrogen and oxygen atoms in total. The summed E-state index contributed by atoms with van der Waals surface area (Å²) in [5.74, 6) is 0.821. The third-order valence-electron chi connectivity index (χ3n) is 4.48. The van der Waals surface area contributed by atoms with E-state index in [9.17, 15) is 0 Å². The van der Waals surface area contributed by atoms with Gasteiger partial charge in [-0.1, -0.05) is 25.0 Å². The van der Waals surface area contributed by atoms with Crippen LogP contribution in [-0.4, -0.2) is 16.3 Å². The molecule has 3 heteroatoms. The minimum Gasteiger partial charge on any atom is -0.311 e. The van der Waals surface area contributed by atoms with E-state index in [4.69, 9.17) is 5.10 Å². The van der Waals surface area contributed by atoms with Crippen molar-refractivity contribution in [1.82, 2.24) is 15.1 Å². The topological polar surface area (TPSA) is 29.9 Å². The summed E-state index contributed by atoms with van der Waals surface area (Å²) < 4.78 is 2.19. The molecule has 19 heavy (non-hydrogen) atoms. The molecule has 0 bridgehead atoms. The van der Waals surface area contributed by atoms with Gasteiger partial charge in [0.05, 0.1) is 11.7 Å². The summed E-state index contributed by atoms with van der Waals surface area (Å²) in [6.07, 6.45) is 16.0. The molecule has 3 rings (SSSR count). The number of aromatic nitrogens is 2. The largest absolute Gasteiger partial charge is 0.311 e. The van der Waals surface area contributed by atoms with Crippen molar-refractivity contribution >= 4 is 0 Å². The number of hydrogen-bond donors (Lipinski definition) is 1. The molecule has 2 aliphatic rings. The molecule has 1 aromatic heterocycles. The Bertz CT molecular complexity index is 415. The van der Waals surface area contributed by atoms with Gasteiger partial charge in [-0.3, -0.25) is 4.68 Å². The van der Waals surface area contributed by atoms with E-state index in [0.717, 1.165) is 19.0 Å². The van der Waals surface area contributed by atoms with Crippen LogP contribution in [0.2, 0.25) is 0 Å². The molecule has 1 fully saturated rings. The Morgan fingerprint density at radius 1 is 1.21 bits per heavy atom. The van der Waals surface area contributed by atoms with E-state index in [2.05, 4.69) is 34.4 Å². The predicted molar refractivity (Wildman–Crippen MR) is 77.9 cm³/mol. The van der Waals surface area contributed by atoms with Crippen LogP contribution in [0.15, 0.2) is 24.4 Å². The van der Waals surface area contributed by atoms with Gasteiger partial charge in [-0.15, -0.1) is 0 Å². The second-order valence-electron chi connectivity index (χ2n) is 6.01. The molecule has 0 spiro atoms. The second kappa shape index (κ2) is 6.38. The van der Waals surface area contributed by atoms with Crippen LogP contribution in [0.5, 0.6) is 0 Å². The van der Waals surface area contributed by atoms with Crippen molar-refractivity contribution in [3.8, 4) is 0 Å². The smallest absolute Gasteiger partial charge is 0.0762 e. The standard InChI is InChI=1S/C16H25N3/c1-2-6-14(7-3-1)12-17-13-15-10-11-19(18-15)16-8-4-5-9-16/h1-2,10-11,14,16-17H,3-9,12-13H2. The van der Waals surface area contributed by atoms with Crippen molar-refractivity contribution in [3.63, 3.8) is 0 Å². The summed E-state index contributed by atoms with van der Waals surface area (Å²) in [7, 11) is 0. The van der Waals surface area contributed by atoms with Crippen LogP contribution < -0.4 is 5.32 Å². The first-order valence-electron chi connectivity index (χ1n) is 7.81. The summed E-state index contributed by atoms with van der Waals surface area (Å²) in [6, 6.07) is 2.84. The highest BCUT2D eigenvalue weighted by molar-refractivity contribution is 5.00. The van der Waals surface area contributed by atoms with E-state index in [0.29, 0.717) is 6.04 Å². The fourth-order valence-electron chi connectivity index (χ4n) is 3.29. The first kappa shape index (κ1) is 12.9. The molecule has 0 aliphatic heterocycles. The second-order valence-corrected chi connectivity index (χ2v) is 6.01. The Hall–Kier alpha value is -1.09. The van der Waals surface area contributed by atoms with E-state index in [1.54, 1.807) is 0 Å². The van der Waals surface area contributed by atoms with Crippen molar-refractivity contribution in [2.75, 3.05) is 6.54 Å². The van der Waals surface area contributed by atoms with Gasteiger partial charge in [0.25, 0.3) is 0 Å². The van der Waals surface area contributed by atoms with E-state index in [1.807, 2.05) is 0 Å². The summed E-state index contributed by atoms with van der Waals surface area (Å²) in [4.78, 5) is 0. The first-order valence-corrected chi connectivity index (χ1v) is 7.81. The minimum absolute atomic E-state index is 0.664. The monoisotopic (exact) mass is 259 g/mol. The average Bonchev–Trinajstić information content (AvgIpc) is 3.10. The summed E-state index contributed by atoms with van der Waals surface area (Å²) in [6.45, 7) is 2.04. The van der Waals surface area contributed by atoms with Gasteiger partial charge in [0, 0.05) is 12.7 Å². The molecule has 0 amide bonds. The van der Waals surface area contributed by atoms with Gasteiger partial charge in [-0.25, -0.2) is 0 Å². The van der Waals surface area contributed by atoms with Gasteiger partial charge < -0.3 is 5.32 Å². The molecule has 104 valence electrons. The van der Waals surface area contributed by atoms with Crippen LogP contribution in [0, 0.1) is 5.92 Å². The molecule has 2 aliphatic carbocycles. The lowest BCUT2D eigenvalue weighted by Crippen LogP contribution is -2.23. The number of rotatable bonds is 5. The molecule has 0 aromatic carbocycles. The Kier molecular flexibility index (Phi) is 4.34. The minimum atomic E-state index is 0.664. The first-order chi connectivity index (χ1) is 9.42. The van der Waals surface area contributed by atoms with Crippen LogP contribution in [-0.2, 0) is 6.54 Å². The zero-order valence-electron chi connectivity index (χ0n) is 11.7. The fraction of sp³-hybridized carbons (Fsp3) is 0.688. The molecule has 1 heterocycles. The average molecular weight is 259 g/mol. The zero-order valence-corrected chi connectivity index (χ0v) is 11.7. The maximum absolute atomic E-state index is 4.72. The number of allylic oxidation sites excluding steroid dienone is 2. The Morgan fingerprint density at radius 2 is 2.11 bits per heavy atom. The molecule has 1 N–H and O–H groups in total. The lowest BCUT2D eigenvalue weighted by molar-refractivity contribution is 0.432. The molecule has 1 atom stereocenters. The van der Waals surface area contributed by atoms with E-state index >= 15 is 0 Å². The van der Waals surface area contributed by atoms with Crippen molar-refractivity contribution in [2.24, 2.45) is 5.92 Å². The number of hydrogen-bond acceptors (Lipinski definition) is 2. The van der Waals surface area contributed by atoms with E-state index < -0.39 is 0 Å². The van der Waals surface area contributed by atoms with Crippen LogP contribution in [0.4, 0.5) is 0 Å². The zero-order chi connectivity index (χ0) is 12.9. The molecule has 1 saturated carbocycles. The van der Waals surface area contributed by atoms with Crippen molar-refractivity contribution < 1.29 is 0 Å². The summed E-state index contributed by atoms with van der Waals surface area (Å²) in [5.41, 5.74) is 1.19. The highest BCUT2D eigenvalue weighted by atomic mass is 15.3. The predicted octanol–water partition coefficient (Wildman–Crippen LogP) is 3.44. The van der Waals surface area contributed by atoms with Gasteiger partial charge >= 0.3 is 0 Å². The molecule has 0 radical (unpaired) electrons. The molecule has 1 aromatic rings. The van der Waals surface area contributed by atoms with E-state index in [1.165, 1.54) is 50.6 Å². The normalized spacial score (nSPS) is 24.1. The summed E-state index contributed by atoms with van der Waals surface area (Å²) in [5, 5.41) is 8.28. The maximum atomic E-state index is 4.72. The number of nitrogens with zero attached hydrogens (tertiary/aromatic N) is 2. The Balaban J connectivity index is 1.43. The quantitative estimate of drug-likeness (QED) is 0.821. The molecular weight excluding hydrogens is 234 g/mol. The van der Waals surface area contributed by atoms with Crippen molar-refractivity contribution in [2.45, 2.75) is 57.5 Å². The molecule has 1 unspecified atom stereocenters. The molecular formula is C16H25N3. The van der Waals surface area contributed by atoms with Crippen molar-refractivity contribution in [1.29, 1.82) is 0 Å². The fourth-order valence-corrected chi connectivity index (χ4v) is 3.29. The third kappa shape index (κ3) is 3.47.